The van der Waals surface area contributed by atoms with Crippen molar-refractivity contribution in [3.63, 3.8) is 0 Å². The fourth-order valence-electron chi connectivity index (χ4n) is 5.36. The number of nitrogens with one attached hydrogen (secondary N) is 1. The van der Waals surface area contributed by atoms with E-state index in [9.17, 15) is 33.1 Å². The number of alkyl halides is 2. The average Bonchev–Trinajstić information content (AvgIpc) is 3.22. The van der Waals surface area contributed by atoms with Crippen molar-refractivity contribution in [1.29, 1.82) is 5.26 Å². The fourth-order valence-corrected chi connectivity index (χ4v) is 5.36. The Morgan fingerprint density at radius 3 is 2.46 bits per heavy atom. The number of carbonyl (C=O) groups is 2. The molecule has 3 atom stereocenters. The summed E-state index contributed by atoms with van der Waals surface area (Å²) in [6.07, 6.45) is 4.91. The largest absolute Gasteiger partial charge is 0.388 e. The molecule has 0 bridgehead atoms. The van der Waals surface area contributed by atoms with Crippen LogP contribution in [-0.2, 0) is 15.0 Å². The Labute approximate surface area is 237 Å². The van der Waals surface area contributed by atoms with Crippen LogP contribution in [0.25, 0.3) is 0 Å². The summed E-state index contributed by atoms with van der Waals surface area (Å²) in [6.45, 7) is 7.37. The van der Waals surface area contributed by atoms with E-state index < -0.39 is 60.1 Å². The molecule has 3 heterocycles. The summed E-state index contributed by atoms with van der Waals surface area (Å²) in [5, 5.41) is 23.2. The third kappa shape index (κ3) is 6.96. The maximum Gasteiger partial charge on any atom is 0.252 e. The Kier molecular flexibility index (Phi) is 8.32. The molecular weight excluding hydrogens is 537 g/mol. The van der Waals surface area contributed by atoms with Crippen LogP contribution in [0.4, 0.5) is 19.0 Å². The van der Waals surface area contributed by atoms with Gasteiger partial charge in [0.1, 0.15) is 23.7 Å². The summed E-state index contributed by atoms with van der Waals surface area (Å²) in [7, 11) is 0. The number of aromatic nitrogens is 2. The van der Waals surface area contributed by atoms with E-state index >= 15 is 0 Å². The van der Waals surface area contributed by atoms with Crippen LogP contribution in [0.15, 0.2) is 36.8 Å². The van der Waals surface area contributed by atoms with Crippen molar-refractivity contribution in [2.75, 3.05) is 11.4 Å². The predicted molar refractivity (Wildman–Crippen MR) is 144 cm³/mol. The molecule has 2 amide bonds. The van der Waals surface area contributed by atoms with Gasteiger partial charge in [0.25, 0.3) is 5.91 Å². The monoisotopic (exact) mass is 572 g/mol. The highest BCUT2D eigenvalue weighted by atomic mass is 19.3. The smallest absolute Gasteiger partial charge is 0.252 e. The molecule has 3 unspecified atom stereocenters. The molecule has 1 aliphatic carbocycles. The number of halogens is 3. The average molecular weight is 573 g/mol. The number of pyridine rings is 2. The molecule has 4 rings (SSSR count). The number of rotatable bonds is 6. The lowest BCUT2D eigenvalue weighted by Crippen LogP contribution is -2.52. The van der Waals surface area contributed by atoms with Crippen LogP contribution in [0.5, 0.6) is 0 Å². The first-order valence-corrected chi connectivity index (χ1v) is 13.6. The van der Waals surface area contributed by atoms with Gasteiger partial charge in [-0.25, -0.2) is 18.2 Å². The zero-order chi connectivity index (χ0) is 30.2. The van der Waals surface area contributed by atoms with E-state index in [1.54, 1.807) is 18.3 Å². The van der Waals surface area contributed by atoms with Crippen LogP contribution in [0.1, 0.15) is 77.0 Å². The maximum absolute atomic E-state index is 14.4. The number of likely N-dealkylation sites (tertiary alicyclic amines) is 1. The zero-order valence-corrected chi connectivity index (χ0v) is 23.6. The van der Waals surface area contributed by atoms with Crippen molar-refractivity contribution in [3.8, 4) is 6.19 Å². The predicted octanol–water partition coefficient (Wildman–Crippen LogP) is 3.99. The summed E-state index contributed by atoms with van der Waals surface area (Å²) < 4.78 is 42.0. The molecule has 2 N–H and O–H groups in total. The number of aliphatic hydroxyl groups is 1. The quantitative estimate of drug-likeness (QED) is 0.502. The Balaban J connectivity index is 1.80. The number of β-amino-alcohol motifs (C(OH)–C–C–N with tert-alkyl or cyclic N) is 1. The van der Waals surface area contributed by atoms with Crippen molar-refractivity contribution < 1.29 is 27.9 Å². The second kappa shape index (κ2) is 11.3. The van der Waals surface area contributed by atoms with Crippen molar-refractivity contribution in [2.24, 2.45) is 0 Å². The number of anilines is 1. The molecule has 220 valence electrons. The Hall–Kier alpha value is -3.72. The first-order chi connectivity index (χ1) is 19.1. The van der Waals surface area contributed by atoms with Crippen LogP contribution in [0, 0.1) is 17.3 Å². The molecule has 2 aromatic rings. The third-order valence-corrected chi connectivity index (χ3v) is 7.64. The Bertz CT molecular complexity index is 1310. The SMILES string of the molecule is CC1(O)CC(C(=O)N(c2ccc(C(C)(C)C)cn2)C(C(=O)NC2CCC(F)(F)CC2)c2cncc(F)c2)N(C#N)C1. The maximum atomic E-state index is 14.4. The zero-order valence-electron chi connectivity index (χ0n) is 23.6. The molecular formula is C29H35F3N6O3. The molecule has 0 spiro atoms. The normalized spacial score (nSPS) is 23.5. The molecule has 1 saturated heterocycles. The van der Waals surface area contributed by atoms with Gasteiger partial charge in [-0.15, -0.1) is 0 Å². The molecule has 9 nitrogen and oxygen atoms in total. The standard InChI is InChI=1S/C29H35F3N6O3/c1-27(2,3)19-5-6-23(35-14-19)38(26(40)22-12-28(4,41)16-37(22)17-33)24(18-11-20(30)15-34-13-18)25(39)36-21-7-9-29(31,32)10-8-21/h5-6,11,13-15,21-22,24,41H,7-10,12,16H2,1-4H3,(H,36,39). The summed E-state index contributed by atoms with van der Waals surface area (Å²) in [6, 6.07) is 1.19. The van der Waals surface area contributed by atoms with Crippen molar-refractivity contribution >= 4 is 17.6 Å². The summed E-state index contributed by atoms with van der Waals surface area (Å²) in [4.78, 5) is 38.8. The van der Waals surface area contributed by atoms with E-state index in [1.807, 2.05) is 27.0 Å². The van der Waals surface area contributed by atoms with Gasteiger partial charge in [-0.05, 0) is 42.9 Å². The molecule has 12 heteroatoms. The van der Waals surface area contributed by atoms with Gasteiger partial charge in [-0.2, -0.15) is 5.26 Å². The van der Waals surface area contributed by atoms with Gasteiger partial charge < -0.3 is 10.4 Å². The number of nitriles is 1. The molecule has 2 fully saturated rings. The first kappa shape index (κ1) is 30.2. The second-order valence-electron chi connectivity index (χ2n) is 12.3. The number of hydrogen-bond donors (Lipinski definition) is 2. The van der Waals surface area contributed by atoms with Gasteiger partial charge in [0.05, 0.1) is 18.3 Å². The van der Waals surface area contributed by atoms with Crippen molar-refractivity contribution in [2.45, 2.75) is 94.9 Å². The fraction of sp³-hybridized carbons (Fsp3) is 0.552. The summed E-state index contributed by atoms with van der Waals surface area (Å²) in [5.74, 6) is -4.93. The van der Waals surface area contributed by atoms with E-state index in [0.717, 1.165) is 27.6 Å². The van der Waals surface area contributed by atoms with Crippen LogP contribution in [0.2, 0.25) is 0 Å². The highest BCUT2D eigenvalue weighted by Gasteiger charge is 2.47. The van der Waals surface area contributed by atoms with Crippen LogP contribution in [0.3, 0.4) is 0 Å². The lowest BCUT2D eigenvalue weighted by molar-refractivity contribution is -0.129. The molecule has 0 aromatic carbocycles. The third-order valence-electron chi connectivity index (χ3n) is 7.64. The summed E-state index contributed by atoms with van der Waals surface area (Å²) in [5.41, 5.74) is -0.731. The molecule has 2 aromatic heterocycles. The van der Waals surface area contributed by atoms with Gasteiger partial charge >= 0.3 is 0 Å². The van der Waals surface area contributed by atoms with E-state index in [1.165, 1.54) is 13.1 Å². The Morgan fingerprint density at radius 1 is 1.22 bits per heavy atom. The number of carbonyl (C=O) groups excluding carboxylic acids is 2. The van der Waals surface area contributed by atoms with Gasteiger partial charge in [0, 0.05) is 43.3 Å². The summed E-state index contributed by atoms with van der Waals surface area (Å²) >= 11 is 0. The van der Waals surface area contributed by atoms with Crippen LogP contribution >= 0.6 is 0 Å². The number of amides is 2. The molecule has 2 aliphatic rings. The minimum absolute atomic E-state index is 0.0342. The van der Waals surface area contributed by atoms with Gasteiger partial charge in [0.2, 0.25) is 11.8 Å². The second-order valence-corrected chi connectivity index (χ2v) is 12.3. The molecule has 1 aliphatic heterocycles. The van der Waals surface area contributed by atoms with Crippen molar-refractivity contribution in [1.82, 2.24) is 20.2 Å². The van der Waals surface area contributed by atoms with Crippen LogP contribution < -0.4 is 10.2 Å². The van der Waals surface area contributed by atoms with Crippen LogP contribution in [-0.4, -0.2) is 61.9 Å². The highest BCUT2D eigenvalue weighted by Crippen LogP contribution is 2.36. The van der Waals surface area contributed by atoms with Crippen molar-refractivity contribution in [3.05, 3.63) is 53.7 Å². The molecule has 0 radical (unpaired) electrons. The van der Waals surface area contributed by atoms with Gasteiger partial charge in [-0.1, -0.05) is 26.8 Å². The molecule has 41 heavy (non-hydrogen) atoms. The first-order valence-electron chi connectivity index (χ1n) is 13.6. The number of hydrogen-bond acceptors (Lipinski definition) is 7. The topological polar surface area (TPSA) is 122 Å². The minimum atomic E-state index is -2.81. The Morgan fingerprint density at radius 2 is 1.90 bits per heavy atom. The van der Waals surface area contributed by atoms with Gasteiger partial charge in [0.15, 0.2) is 6.19 Å². The van der Waals surface area contributed by atoms with E-state index in [2.05, 4.69) is 15.3 Å². The number of nitrogens with zero attached hydrogens (tertiary/aromatic N) is 5. The van der Waals surface area contributed by atoms with E-state index in [4.69, 9.17) is 0 Å². The minimum Gasteiger partial charge on any atom is -0.388 e. The lowest BCUT2D eigenvalue weighted by atomic mass is 9.88. The highest BCUT2D eigenvalue weighted by molar-refractivity contribution is 6.03. The van der Waals surface area contributed by atoms with E-state index in [-0.39, 0.29) is 42.6 Å². The van der Waals surface area contributed by atoms with Gasteiger partial charge in [-0.3, -0.25) is 24.4 Å². The lowest BCUT2D eigenvalue weighted by Gasteiger charge is -2.35. The molecule has 1 saturated carbocycles. The van der Waals surface area contributed by atoms with E-state index in [0.29, 0.717) is 0 Å².